The first-order valence-electron chi connectivity index (χ1n) is 7.48. The molecule has 25 heavy (non-hydrogen) atoms. The number of ether oxygens (including phenoxy) is 1. The third kappa shape index (κ3) is 4.21. The number of anilines is 1. The molecular formula is C14H17F3N2O5S. The first kappa shape index (κ1) is 19.4. The van der Waals surface area contributed by atoms with Gasteiger partial charge >= 0.3 is 5.51 Å². The van der Waals surface area contributed by atoms with Crippen LogP contribution in [0.5, 0.6) is 0 Å². The van der Waals surface area contributed by atoms with Crippen molar-refractivity contribution in [2.45, 2.75) is 36.2 Å². The minimum Gasteiger partial charge on any atom is -0.381 e. The van der Waals surface area contributed by atoms with Crippen molar-refractivity contribution in [3.05, 3.63) is 28.3 Å². The van der Waals surface area contributed by atoms with Gasteiger partial charge in [0.05, 0.1) is 9.82 Å². The van der Waals surface area contributed by atoms with E-state index in [4.69, 9.17) is 4.74 Å². The number of nitrogens with one attached hydrogen (secondary N) is 1. The second kappa shape index (κ2) is 7.16. The lowest BCUT2D eigenvalue weighted by atomic mass is 9.93. The van der Waals surface area contributed by atoms with Gasteiger partial charge in [0.2, 0.25) is 0 Å². The van der Waals surface area contributed by atoms with Crippen molar-refractivity contribution in [3.63, 3.8) is 0 Å². The molecule has 0 radical (unpaired) electrons. The van der Waals surface area contributed by atoms with Gasteiger partial charge in [-0.1, -0.05) is 0 Å². The summed E-state index contributed by atoms with van der Waals surface area (Å²) in [5.74, 6) is 0.187. The summed E-state index contributed by atoms with van der Waals surface area (Å²) in [4.78, 5) is 9.11. The lowest BCUT2D eigenvalue weighted by Crippen LogP contribution is -2.31. The normalized spacial score (nSPS) is 17.9. The highest BCUT2D eigenvalue weighted by Gasteiger charge is 2.47. The van der Waals surface area contributed by atoms with E-state index in [2.05, 4.69) is 5.32 Å². The van der Waals surface area contributed by atoms with Gasteiger partial charge in [-0.2, -0.15) is 13.2 Å². The standard InChI is InChI=1S/C14H17F3N2O5S/c1-9(10-4-6-24-7-5-10)18-12-3-2-11(8-13(12)19(20)21)25(22,23)14(15,16)17/h2-3,8-10,18H,4-7H2,1H3. The van der Waals surface area contributed by atoms with Crippen LogP contribution in [0.15, 0.2) is 23.1 Å². The van der Waals surface area contributed by atoms with Crippen LogP contribution in [0.2, 0.25) is 0 Å². The summed E-state index contributed by atoms with van der Waals surface area (Å²) in [6.45, 7) is 2.95. The van der Waals surface area contributed by atoms with E-state index in [1.807, 2.05) is 0 Å². The molecule has 0 bridgehead atoms. The zero-order valence-electron chi connectivity index (χ0n) is 13.2. The number of benzene rings is 1. The minimum atomic E-state index is -5.65. The molecule has 140 valence electrons. The van der Waals surface area contributed by atoms with E-state index in [1.165, 1.54) is 0 Å². The summed E-state index contributed by atoms with van der Waals surface area (Å²) in [5, 5.41) is 14.1. The second-order valence-corrected chi connectivity index (χ2v) is 7.71. The van der Waals surface area contributed by atoms with Gasteiger partial charge in [-0.25, -0.2) is 8.42 Å². The van der Waals surface area contributed by atoms with Crippen molar-refractivity contribution in [1.29, 1.82) is 0 Å². The van der Waals surface area contributed by atoms with Crippen molar-refractivity contribution < 1.29 is 31.2 Å². The Bertz CT molecular complexity index is 745. The fourth-order valence-electron chi connectivity index (χ4n) is 2.66. The van der Waals surface area contributed by atoms with Crippen LogP contribution in [0.3, 0.4) is 0 Å². The molecule has 1 N–H and O–H groups in total. The third-order valence-electron chi connectivity index (χ3n) is 4.14. The molecule has 1 saturated heterocycles. The van der Waals surface area contributed by atoms with E-state index >= 15 is 0 Å². The molecule has 0 amide bonds. The van der Waals surface area contributed by atoms with E-state index in [1.54, 1.807) is 6.92 Å². The number of hydrogen-bond acceptors (Lipinski definition) is 6. The Hall–Kier alpha value is -1.88. The maximum atomic E-state index is 12.6. The fourth-order valence-corrected chi connectivity index (χ4v) is 3.45. The van der Waals surface area contributed by atoms with Crippen LogP contribution < -0.4 is 5.32 Å². The molecule has 1 fully saturated rings. The maximum Gasteiger partial charge on any atom is 0.501 e. The number of rotatable bonds is 5. The molecule has 1 aromatic carbocycles. The predicted molar refractivity (Wildman–Crippen MR) is 83.0 cm³/mol. The monoisotopic (exact) mass is 382 g/mol. The van der Waals surface area contributed by atoms with Crippen molar-refractivity contribution in [1.82, 2.24) is 0 Å². The molecule has 11 heteroatoms. The molecule has 1 aromatic rings. The van der Waals surface area contributed by atoms with Gasteiger partial charge in [0.15, 0.2) is 0 Å². The Morgan fingerprint density at radius 2 is 1.92 bits per heavy atom. The quantitative estimate of drug-likeness (QED) is 0.621. The lowest BCUT2D eigenvalue weighted by Gasteiger charge is -2.29. The summed E-state index contributed by atoms with van der Waals surface area (Å²) in [6, 6.07) is 1.95. The molecule has 7 nitrogen and oxygen atoms in total. The molecule has 1 aliphatic rings. The Labute approximate surface area is 142 Å². The largest absolute Gasteiger partial charge is 0.501 e. The SMILES string of the molecule is CC(Nc1ccc(S(=O)(=O)C(F)(F)F)cc1[N+](=O)[O-])C1CCOCC1. The molecule has 1 atom stereocenters. The summed E-state index contributed by atoms with van der Waals surface area (Å²) >= 11 is 0. The molecule has 0 aromatic heterocycles. The van der Waals surface area contributed by atoms with Crippen LogP contribution in [-0.4, -0.2) is 38.1 Å². The van der Waals surface area contributed by atoms with Gasteiger partial charge in [0, 0.05) is 25.3 Å². The van der Waals surface area contributed by atoms with Gasteiger partial charge in [0.25, 0.3) is 15.5 Å². The van der Waals surface area contributed by atoms with Gasteiger partial charge in [-0.05, 0) is 37.8 Å². The number of nitrogens with zero attached hydrogens (tertiary/aromatic N) is 1. The van der Waals surface area contributed by atoms with E-state index in [0.29, 0.717) is 19.3 Å². The number of sulfone groups is 1. The fraction of sp³-hybridized carbons (Fsp3) is 0.571. The van der Waals surface area contributed by atoms with Crippen LogP contribution in [0, 0.1) is 16.0 Å². The van der Waals surface area contributed by atoms with Crippen LogP contribution >= 0.6 is 0 Å². The van der Waals surface area contributed by atoms with Gasteiger partial charge < -0.3 is 10.1 Å². The molecular weight excluding hydrogens is 365 g/mol. The molecule has 1 unspecified atom stereocenters. The highest BCUT2D eigenvalue weighted by atomic mass is 32.2. The smallest absolute Gasteiger partial charge is 0.381 e. The first-order valence-corrected chi connectivity index (χ1v) is 8.96. The molecule has 2 rings (SSSR count). The van der Waals surface area contributed by atoms with Crippen molar-refractivity contribution in [3.8, 4) is 0 Å². The average molecular weight is 382 g/mol. The summed E-state index contributed by atoms with van der Waals surface area (Å²) in [5.41, 5.74) is -6.26. The summed E-state index contributed by atoms with van der Waals surface area (Å²) in [7, 11) is -5.65. The maximum absolute atomic E-state index is 12.6. The van der Waals surface area contributed by atoms with Gasteiger partial charge in [0.1, 0.15) is 5.69 Å². The van der Waals surface area contributed by atoms with E-state index < -0.39 is 30.9 Å². The van der Waals surface area contributed by atoms with Crippen LogP contribution in [0.4, 0.5) is 24.5 Å². The molecule has 0 aliphatic carbocycles. The summed E-state index contributed by atoms with van der Waals surface area (Å²) < 4.78 is 66.0. The van der Waals surface area contributed by atoms with Crippen molar-refractivity contribution in [2.75, 3.05) is 18.5 Å². The molecule has 0 saturated carbocycles. The Balaban J connectivity index is 2.32. The van der Waals surface area contributed by atoms with E-state index in [9.17, 15) is 31.7 Å². The Kier molecular flexibility index (Phi) is 5.57. The Morgan fingerprint density at radius 1 is 1.32 bits per heavy atom. The predicted octanol–water partition coefficient (Wildman–Crippen LogP) is 3.12. The highest BCUT2D eigenvalue weighted by Crippen LogP contribution is 2.35. The Morgan fingerprint density at radius 3 is 2.44 bits per heavy atom. The summed E-state index contributed by atoms with van der Waals surface area (Å²) in [6.07, 6.45) is 1.50. The zero-order valence-corrected chi connectivity index (χ0v) is 14.1. The van der Waals surface area contributed by atoms with Crippen molar-refractivity contribution >= 4 is 21.2 Å². The number of hydrogen-bond donors (Lipinski definition) is 1. The topological polar surface area (TPSA) is 98.5 Å². The number of alkyl halides is 3. The van der Waals surface area contributed by atoms with Crippen molar-refractivity contribution in [2.24, 2.45) is 5.92 Å². The zero-order chi connectivity index (χ0) is 18.8. The highest BCUT2D eigenvalue weighted by molar-refractivity contribution is 7.92. The first-order chi connectivity index (χ1) is 11.5. The van der Waals surface area contributed by atoms with E-state index in [-0.39, 0.29) is 17.6 Å². The van der Waals surface area contributed by atoms with Gasteiger partial charge in [-0.15, -0.1) is 0 Å². The third-order valence-corrected chi connectivity index (χ3v) is 5.62. The van der Waals surface area contributed by atoms with Gasteiger partial charge in [-0.3, -0.25) is 10.1 Å². The average Bonchev–Trinajstić information content (AvgIpc) is 2.54. The number of nitro groups is 1. The molecule has 1 heterocycles. The van der Waals surface area contributed by atoms with E-state index in [0.717, 1.165) is 25.0 Å². The van der Waals surface area contributed by atoms with Crippen LogP contribution in [0.25, 0.3) is 0 Å². The number of nitro benzene ring substituents is 1. The lowest BCUT2D eigenvalue weighted by molar-refractivity contribution is -0.384. The molecule has 1 aliphatic heterocycles. The minimum absolute atomic E-state index is 0.0230. The molecule has 0 spiro atoms. The second-order valence-electron chi connectivity index (χ2n) is 5.77. The van der Waals surface area contributed by atoms with Crippen LogP contribution in [-0.2, 0) is 14.6 Å². The number of halogens is 3. The van der Waals surface area contributed by atoms with Crippen LogP contribution in [0.1, 0.15) is 19.8 Å².